The maximum atomic E-state index is 4.83. The van der Waals surface area contributed by atoms with E-state index < -0.39 is 0 Å². The van der Waals surface area contributed by atoms with Gasteiger partial charge in [-0.3, -0.25) is 4.99 Å². The van der Waals surface area contributed by atoms with Gasteiger partial charge in [-0.25, -0.2) is 0 Å². The van der Waals surface area contributed by atoms with Crippen molar-refractivity contribution in [1.29, 1.82) is 0 Å². The lowest BCUT2D eigenvalue weighted by Crippen LogP contribution is -1.93. The fourth-order valence-electron chi connectivity index (χ4n) is 2.90. The number of aryl methyl sites for hydroxylation is 1. The van der Waals surface area contributed by atoms with Crippen molar-refractivity contribution in [3.8, 4) is 0 Å². The minimum absolute atomic E-state index is 0.995. The quantitative estimate of drug-likeness (QED) is 0.413. The van der Waals surface area contributed by atoms with Crippen LogP contribution in [-0.4, -0.2) is 10.7 Å². The van der Waals surface area contributed by atoms with Crippen LogP contribution in [-0.2, 0) is 0 Å². The van der Waals surface area contributed by atoms with Gasteiger partial charge >= 0.3 is 0 Å². The van der Waals surface area contributed by atoms with Crippen LogP contribution in [0.5, 0.6) is 0 Å². The van der Waals surface area contributed by atoms with Crippen LogP contribution in [0.25, 0.3) is 21.8 Å². The second kappa shape index (κ2) is 7.23. The van der Waals surface area contributed by atoms with Crippen molar-refractivity contribution in [1.82, 2.24) is 4.98 Å². The van der Waals surface area contributed by atoms with E-state index in [1.807, 2.05) is 51.1 Å². The number of hydrogen-bond acceptors (Lipinski definition) is 1. The van der Waals surface area contributed by atoms with Gasteiger partial charge < -0.3 is 4.98 Å². The van der Waals surface area contributed by atoms with Crippen molar-refractivity contribution in [2.45, 2.75) is 27.7 Å². The SMILES string of the molecule is CC.CC(=Nc1cc2[nH]c3ccc#cc3c2cc1C)c1ccccc1. The molecule has 124 valence electrons. The predicted octanol–water partition coefficient (Wildman–Crippen LogP) is 6.40. The molecule has 0 unspecified atom stereocenters. The summed E-state index contributed by atoms with van der Waals surface area (Å²) in [6.07, 6.45) is 0. The van der Waals surface area contributed by atoms with Crippen LogP contribution in [0.15, 0.2) is 59.6 Å². The monoisotopic (exact) mass is 326 g/mol. The number of benzene rings is 2. The lowest BCUT2D eigenvalue weighted by molar-refractivity contribution is 1.40. The molecule has 1 N–H and O–H groups in total. The molecule has 0 fully saturated rings. The third-order valence-corrected chi connectivity index (χ3v) is 4.15. The minimum atomic E-state index is 0.995. The summed E-state index contributed by atoms with van der Waals surface area (Å²) in [5.41, 5.74) is 6.48. The molecule has 0 atom stereocenters. The first-order valence-electron chi connectivity index (χ1n) is 8.67. The van der Waals surface area contributed by atoms with E-state index in [0.29, 0.717) is 0 Å². The van der Waals surface area contributed by atoms with Crippen LogP contribution in [0.3, 0.4) is 0 Å². The van der Waals surface area contributed by atoms with Crippen molar-refractivity contribution >= 4 is 33.2 Å². The van der Waals surface area contributed by atoms with Gasteiger partial charge in [-0.05, 0) is 49.2 Å². The number of hydrogen-bond donors (Lipinski definition) is 1. The number of nitrogens with zero attached hydrogens (tertiary/aromatic N) is 1. The largest absolute Gasteiger partial charge is 0.354 e. The fourth-order valence-corrected chi connectivity index (χ4v) is 2.90. The average Bonchev–Trinajstić information content (AvgIpc) is 3.02. The van der Waals surface area contributed by atoms with Crippen molar-refractivity contribution in [2.24, 2.45) is 4.99 Å². The molecule has 0 amide bonds. The molecular weight excluding hydrogens is 304 g/mol. The molecule has 0 bridgehead atoms. The van der Waals surface area contributed by atoms with E-state index in [1.165, 1.54) is 5.39 Å². The third kappa shape index (κ3) is 3.27. The molecule has 4 aromatic rings. The van der Waals surface area contributed by atoms with Gasteiger partial charge in [-0.15, -0.1) is 0 Å². The van der Waals surface area contributed by atoms with E-state index in [-0.39, 0.29) is 0 Å². The lowest BCUT2D eigenvalue weighted by Gasteiger charge is -2.04. The highest BCUT2D eigenvalue weighted by Gasteiger charge is 2.07. The lowest BCUT2D eigenvalue weighted by atomic mass is 10.1. The standard InChI is InChI=1S/C21H16N2.C2H6/c1-14-12-18-17-10-6-7-11-19(17)23-21(18)13-20(14)22-15(2)16-8-4-3-5-9-16;1-2/h3-5,7-9,11-13,23H,1-2H3;1-2H3. The van der Waals surface area contributed by atoms with Gasteiger partial charge in [0.1, 0.15) is 0 Å². The molecule has 0 saturated carbocycles. The second-order valence-electron chi connectivity index (χ2n) is 5.76. The van der Waals surface area contributed by atoms with Gasteiger partial charge in [0.2, 0.25) is 0 Å². The molecule has 2 heteroatoms. The summed E-state index contributed by atoms with van der Waals surface area (Å²) in [7, 11) is 0. The topological polar surface area (TPSA) is 28.1 Å². The van der Waals surface area contributed by atoms with Gasteiger partial charge in [0, 0.05) is 16.6 Å². The summed E-state index contributed by atoms with van der Waals surface area (Å²) >= 11 is 0. The first kappa shape index (κ1) is 16.8. The number of aromatic amines is 1. The number of fused-ring (bicyclic) bond motifs is 3. The molecule has 0 aliphatic heterocycles. The Labute approximate surface area is 149 Å². The maximum Gasteiger partial charge on any atom is 0.0683 e. The number of aromatic nitrogens is 1. The van der Waals surface area contributed by atoms with E-state index in [9.17, 15) is 0 Å². The van der Waals surface area contributed by atoms with Crippen molar-refractivity contribution in [2.75, 3.05) is 0 Å². The summed E-state index contributed by atoms with van der Waals surface area (Å²) < 4.78 is 0. The molecule has 0 saturated heterocycles. The minimum Gasteiger partial charge on any atom is -0.354 e. The third-order valence-electron chi connectivity index (χ3n) is 4.15. The molecule has 0 aliphatic rings. The summed E-state index contributed by atoms with van der Waals surface area (Å²) in [5.74, 6) is 0. The van der Waals surface area contributed by atoms with Crippen molar-refractivity contribution < 1.29 is 0 Å². The van der Waals surface area contributed by atoms with Crippen molar-refractivity contribution in [3.63, 3.8) is 0 Å². The predicted molar refractivity (Wildman–Crippen MR) is 108 cm³/mol. The molecule has 4 rings (SSSR count). The molecule has 0 aliphatic carbocycles. The number of H-pyrrole nitrogens is 1. The smallest absolute Gasteiger partial charge is 0.0683 e. The highest BCUT2D eigenvalue weighted by atomic mass is 14.8. The fraction of sp³-hybridized carbons (Fsp3) is 0.174. The van der Waals surface area contributed by atoms with Crippen LogP contribution in [0.2, 0.25) is 0 Å². The van der Waals surface area contributed by atoms with E-state index in [0.717, 1.165) is 38.9 Å². The van der Waals surface area contributed by atoms with Crippen molar-refractivity contribution in [3.05, 3.63) is 77.9 Å². The van der Waals surface area contributed by atoms with E-state index in [4.69, 9.17) is 4.99 Å². The van der Waals surface area contributed by atoms with Crippen LogP contribution < -0.4 is 0 Å². The van der Waals surface area contributed by atoms with Gasteiger partial charge in [0.25, 0.3) is 0 Å². The Kier molecular flexibility index (Phi) is 4.86. The van der Waals surface area contributed by atoms with E-state index in [1.54, 1.807) is 0 Å². The van der Waals surface area contributed by atoms with Crippen LogP contribution in [0.1, 0.15) is 31.9 Å². The Bertz CT molecular complexity index is 1020. The highest BCUT2D eigenvalue weighted by Crippen LogP contribution is 2.30. The first-order chi connectivity index (χ1) is 12.2. The Balaban J connectivity index is 0.000000880. The van der Waals surface area contributed by atoms with Gasteiger partial charge in [0.05, 0.1) is 16.6 Å². The van der Waals surface area contributed by atoms with E-state index >= 15 is 0 Å². The second-order valence-corrected chi connectivity index (χ2v) is 5.76. The summed E-state index contributed by atoms with van der Waals surface area (Å²) in [5, 5.41) is 2.26. The molecule has 1 heterocycles. The molecule has 0 spiro atoms. The zero-order valence-electron chi connectivity index (χ0n) is 15.1. The molecule has 0 radical (unpaired) electrons. The van der Waals surface area contributed by atoms with Crippen LogP contribution in [0.4, 0.5) is 5.69 Å². The van der Waals surface area contributed by atoms with Crippen LogP contribution >= 0.6 is 0 Å². The maximum absolute atomic E-state index is 4.83. The van der Waals surface area contributed by atoms with Gasteiger partial charge in [0.15, 0.2) is 0 Å². The average molecular weight is 326 g/mol. The molecule has 3 aromatic carbocycles. The highest BCUT2D eigenvalue weighted by molar-refractivity contribution is 6.08. The summed E-state index contributed by atoms with van der Waals surface area (Å²) in [6.45, 7) is 8.15. The van der Waals surface area contributed by atoms with Crippen LogP contribution in [0, 0.1) is 19.1 Å². The Morgan fingerprint density at radius 1 is 1.00 bits per heavy atom. The Morgan fingerprint density at radius 3 is 2.52 bits per heavy atom. The summed E-state index contributed by atoms with van der Waals surface area (Å²) in [4.78, 5) is 8.27. The zero-order chi connectivity index (χ0) is 17.8. The molecule has 25 heavy (non-hydrogen) atoms. The van der Waals surface area contributed by atoms with E-state index in [2.05, 4.69) is 48.3 Å². The number of aliphatic imine (C=N–C) groups is 1. The number of rotatable bonds is 2. The molecule has 1 aromatic heterocycles. The molecule has 2 nitrogen and oxygen atoms in total. The normalized spacial score (nSPS) is 11.1. The number of nitrogens with one attached hydrogen (secondary N) is 1. The Hall–Kier alpha value is -3.05. The zero-order valence-corrected chi connectivity index (χ0v) is 15.1. The Morgan fingerprint density at radius 2 is 1.76 bits per heavy atom. The first-order valence-corrected chi connectivity index (χ1v) is 8.67. The van der Waals surface area contributed by atoms with Gasteiger partial charge in [-0.1, -0.05) is 56.3 Å². The van der Waals surface area contributed by atoms with Gasteiger partial charge in [-0.2, -0.15) is 0 Å². The molecular formula is C23H22N2. The summed E-state index contributed by atoms with van der Waals surface area (Å²) in [6, 6.07) is 24.7.